The molecule has 1 radical (unpaired) electrons. The van der Waals surface area contributed by atoms with Gasteiger partial charge in [-0.3, -0.25) is 43.3 Å². The minimum Gasteiger partial charge on any atom is -0.481 e. The molecule has 22 nitrogen and oxygen atoms in total. The number of nitrogens with zero attached hydrogens (tertiary/aromatic N) is 1. The van der Waals surface area contributed by atoms with Crippen LogP contribution in [-0.4, -0.2) is 120 Å². The van der Waals surface area contributed by atoms with Crippen LogP contribution < -0.4 is 55.3 Å². The first-order chi connectivity index (χ1) is 23.9. The molecule has 7 amide bonds. The van der Waals surface area contributed by atoms with Crippen LogP contribution in [0.4, 0.5) is 0 Å². The van der Waals surface area contributed by atoms with Crippen molar-refractivity contribution in [1.29, 1.82) is 0 Å². The summed E-state index contributed by atoms with van der Waals surface area (Å²) < 4.78 is 7.06. The Kier molecular flexibility index (Phi) is 21.1. The summed E-state index contributed by atoms with van der Waals surface area (Å²) in [5.41, 5.74) is 29.1. The summed E-state index contributed by atoms with van der Waals surface area (Å²) in [6, 6.07) is -7.50. The average Bonchev–Trinajstić information content (AvgIpc) is 3.04. The fraction of sp³-hybridized carbons (Fsp3) is 0.643. The molecular weight excluding hydrogens is 666 g/mol. The van der Waals surface area contributed by atoms with E-state index in [0.717, 1.165) is 0 Å². The minimum absolute atomic E-state index is 0.0459. The SMILES string of the molecule is [3H]C(=O)CCC(NC(=O)C(CCC(=O)NC(CCCN=C(N)N)C(N)=O)NC(=O)C(CCC(=O)NCCO)NC(=O)C([NH])CCC(=O)O)C(N)=O. The number of aliphatic hydroxyl groups is 1. The smallest absolute Gasteiger partial charge is 0.303 e. The molecule has 0 aliphatic heterocycles. The van der Waals surface area contributed by atoms with E-state index in [0.29, 0.717) is 0 Å². The summed E-state index contributed by atoms with van der Waals surface area (Å²) in [4.78, 5) is 114. The van der Waals surface area contributed by atoms with Crippen LogP contribution in [0, 0.1) is 0 Å². The highest BCUT2D eigenvalue weighted by molar-refractivity contribution is 5.95. The molecule has 0 aromatic heterocycles. The summed E-state index contributed by atoms with van der Waals surface area (Å²) in [5.74, 6) is -8.09. The normalized spacial score (nSPS) is 13.8. The molecule has 0 fully saturated rings. The van der Waals surface area contributed by atoms with E-state index in [1.165, 1.54) is 0 Å². The monoisotopic (exact) mass is 716 g/mol. The number of rotatable bonds is 27. The van der Waals surface area contributed by atoms with E-state index in [4.69, 9.17) is 40.3 Å². The standard InChI is InChI=1S/C28H48N11O11/c29-15(5-10-22(44)45)25(48)38-18(6-8-20(42)34-12-14-41)27(50)39-19(26(49)37-17(24(31)47)4-2-13-40)7-9-21(43)36-16(23(30)46)3-1-11-35-28(32)33/h13,15-19,29,41H,1-12,14H2,(H2,30,46)(H2,31,47)(H,34,42)(H,36,43)(H,37,49)(H,38,48)(H,39,50)(H,44,45)(H4,32,33,35)/i13T. The third-order valence-electron chi connectivity index (χ3n) is 6.80. The first kappa shape index (κ1) is 42.6. The Morgan fingerprint density at radius 3 is 1.74 bits per heavy atom. The van der Waals surface area contributed by atoms with Gasteiger partial charge in [0.2, 0.25) is 41.4 Å². The second-order valence-electron chi connectivity index (χ2n) is 10.9. The van der Waals surface area contributed by atoms with Gasteiger partial charge in [0.05, 0.1) is 6.61 Å². The first-order valence-electron chi connectivity index (χ1n) is 16.0. The Morgan fingerprint density at radius 1 is 0.720 bits per heavy atom. The van der Waals surface area contributed by atoms with Gasteiger partial charge in [0.1, 0.15) is 37.8 Å². The number of aliphatic hydroxyl groups excluding tert-OH is 1. The number of primary amides is 2. The third kappa shape index (κ3) is 20.1. The molecule has 0 rings (SSSR count). The molecule has 22 heteroatoms. The number of carbonyl (C=O) groups is 9. The zero-order valence-electron chi connectivity index (χ0n) is 28.4. The highest BCUT2D eigenvalue weighted by Gasteiger charge is 2.31. The van der Waals surface area contributed by atoms with Gasteiger partial charge in [-0.15, -0.1) is 0 Å². The van der Waals surface area contributed by atoms with E-state index in [1.54, 1.807) is 0 Å². The summed E-state index contributed by atoms with van der Waals surface area (Å²) >= 11 is 0. The fourth-order valence-corrected chi connectivity index (χ4v) is 4.13. The van der Waals surface area contributed by atoms with E-state index < -0.39 is 129 Å². The van der Waals surface area contributed by atoms with E-state index in [2.05, 4.69) is 31.6 Å². The summed E-state index contributed by atoms with van der Waals surface area (Å²) in [6.45, 7) is -0.373. The van der Waals surface area contributed by atoms with Gasteiger partial charge in [-0.1, -0.05) is 0 Å². The van der Waals surface area contributed by atoms with Crippen LogP contribution in [0.15, 0.2) is 4.99 Å². The van der Waals surface area contributed by atoms with Crippen LogP contribution in [0.5, 0.6) is 0 Å². The van der Waals surface area contributed by atoms with Gasteiger partial charge in [0.25, 0.3) is 0 Å². The highest BCUT2D eigenvalue weighted by Crippen LogP contribution is 2.07. The van der Waals surface area contributed by atoms with Crippen molar-refractivity contribution < 1.29 is 54.7 Å². The molecule has 0 saturated heterocycles. The van der Waals surface area contributed by atoms with Crippen LogP contribution in [-0.2, 0) is 43.2 Å². The first-order valence-corrected chi connectivity index (χ1v) is 15.5. The maximum absolute atomic E-state index is 13.5. The third-order valence-corrected chi connectivity index (χ3v) is 6.80. The van der Waals surface area contributed by atoms with Gasteiger partial charge in [-0.25, -0.2) is 5.73 Å². The Morgan fingerprint density at radius 2 is 1.24 bits per heavy atom. The van der Waals surface area contributed by atoms with Gasteiger partial charge in [0, 0.05) is 38.8 Å². The summed E-state index contributed by atoms with van der Waals surface area (Å²) in [7, 11) is 0. The molecule has 5 unspecified atom stereocenters. The molecule has 281 valence electrons. The van der Waals surface area contributed by atoms with Gasteiger partial charge in [0.15, 0.2) is 5.96 Å². The van der Waals surface area contributed by atoms with Gasteiger partial charge in [-0.05, 0) is 38.5 Å². The fourth-order valence-electron chi connectivity index (χ4n) is 4.13. The highest BCUT2D eigenvalue weighted by atomic mass is 16.4. The number of guanidine groups is 1. The van der Waals surface area contributed by atoms with Crippen LogP contribution in [0.3, 0.4) is 0 Å². The quantitative estimate of drug-likeness (QED) is 0.0163. The number of amides is 7. The lowest BCUT2D eigenvalue weighted by atomic mass is 10.0. The number of aliphatic carboxylic acids is 1. The predicted octanol–water partition coefficient (Wildman–Crippen LogP) is -5.89. The van der Waals surface area contributed by atoms with Crippen molar-refractivity contribution in [3.63, 3.8) is 0 Å². The second-order valence-corrected chi connectivity index (χ2v) is 10.9. The van der Waals surface area contributed by atoms with Crippen LogP contribution in [0.1, 0.15) is 65.6 Å². The number of nitrogens with two attached hydrogens (primary N) is 4. The van der Waals surface area contributed by atoms with Crippen LogP contribution >= 0.6 is 0 Å². The number of carboxylic acids is 1. The van der Waals surface area contributed by atoms with E-state index in [-0.39, 0.29) is 44.9 Å². The van der Waals surface area contributed by atoms with Crippen molar-refractivity contribution in [3.05, 3.63) is 0 Å². The van der Waals surface area contributed by atoms with E-state index in [1.807, 2.05) is 0 Å². The molecular formula is C28H48N11O11. The maximum atomic E-state index is 13.5. The van der Waals surface area contributed by atoms with Crippen molar-refractivity contribution in [2.45, 2.75) is 94.4 Å². The Hall–Kier alpha value is -5.38. The van der Waals surface area contributed by atoms with Gasteiger partial charge < -0.3 is 64.5 Å². The molecule has 0 spiro atoms. The van der Waals surface area contributed by atoms with Crippen LogP contribution in [0.25, 0.3) is 0 Å². The van der Waals surface area contributed by atoms with Crippen molar-refractivity contribution in [3.8, 4) is 0 Å². The lowest BCUT2D eigenvalue weighted by Gasteiger charge is -2.25. The topological polar surface area (TPSA) is 394 Å². The number of aliphatic imine (C=N–C) groups is 1. The lowest BCUT2D eigenvalue weighted by Crippen LogP contribution is -2.57. The van der Waals surface area contributed by atoms with E-state index >= 15 is 0 Å². The molecule has 0 saturated carbocycles. The molecule has 16 N–H and O–H groups in total. The van der Waals surface area contributed by atoms with Gasteiger partial charge >= 0.3 is 5.97 Å². The minimum atomic E-state index is -1.65. The number of nitrogens with one attached hydrogen (secondary N) is 6. The molecule has 0 aliphatic rings. The number of carboxylic acid groups (broad SMARTS) is 1. The second kappa shape index (κ2) is 24.7. The molecule has 5 atom stereocenters. The van der Waals surface area contributed by atoms with Crippen molar-refractivity contribution in [2.75, 3.05) is 19.7 Å². The molecule has 50 heavy (non-hydrogen) atoms. The van der Waals surface area contributed by atoms with Crippen molar-refractivity contribution >= 4 is 59.5 Å². The Balaban J connectivity index is 6.15. The van der Waals surface area contributed by atoms with E-state index in [9.17, 15) is 43.2 Å². The zero-order valence-corrected chi connectivity index (χ0v) is 27.4. The zero-order chi connectivity index (χ0) is 39.1. The average molecular weight is 717 g/mol. The van der Waals surface area contributed by atoms with Crippen LogP contribution in [0.2, 0.25) is 0 Å². The number of aldehydes is 1. The molecule has 0 aliphatic carbocycles. The lowest BCUT2D eigenvalue weighted by molar-refractivity contribution is -0.137. The van der Waals surface area contributed by atoms with Gasteiger partial charge in [-0.2, -0.15) is 0 Å². The maximum Gasteiger partial charge on any atom is 0.303 e. The molecule has 0 heterocycles. The number of hydrogen-bond acceptors (Lipinski definition) is 11. The Labute approximate surface area is 288 Å². The number of hydrogen-bond donors (Lipinski definition) is 11. The Bertz CT molecular complexity index is 1280. The molecule has 0 bridgehead atoms. The predicted molar refractivity (Wildman–Crippen MR) is 174 cm³/mol. The molecule has 0 aromatic rings. The largest absolute Gasteiger partial charge is 0.481 e. The van der Waals surface area contributed by atoms with Crippen molar-refractivity contribution in [2.24, 2.45) is 27.9 Å². The summed E-state index contributed by atoms with van der Waals surface area (Å²) in [5, 5.41) is 29.3. The number of carbonyl (C=O) groups excluding carboxylic acids is 8. The van der Waals surface area contributed by atoms with Crippen molar-refractivity contribution in [1.82, 2.24) is 32.3 Å². The summed E-state index contributed by atoms with van der Waals surface area (Å²) in [6.07, 6.45) is -4.33. The molecule has 0 aromatic carbocycles.